The summed E-state index contributed by atoms with van der Waals surface area (Å²) in [5, 5.41) is 2.97. The molecule has 0 unspecified atom stereocenters. The van der Waals surface area contributed by atoms with E-state index in [4.69, 9.17) is 16.3 Å². The second kappa shape index (κ2) is 10.1. The molecule has 1 aliphatic rings. The van der Waals surface area contributed by atoms with Gasteiger partial charge in [0.25, 0.3) is 10.0 Å². The summed E-state index contributed by atoms with van der Waals surface area (Å²) in [6, 6.07) is 10.6. The van der Waals surface area contributed by atoms with Crippen molar-refractivity contribution >= 4 is 38.9 Å². The van der Waals surface area contributed by atoms with E-state index in [-0.39, 0.29) is 16.2 Å². The SMILES string of the molecule is COc1ccc(CCNC(=O)[C@H](C)N2CCN(S(=O)(=O)c3ccc(Cl)s3)CC2)cc1. The monoisotopic (exact) mass is 471 g/mol. The largest absolute Gasteiger partial charge is 0.497 e. The van der Waals surface area contributed by atoms with Gasteiger partial charge in [-0.25, -0.2) is 8.42 Å². The standard InChI is InChI=1S/C20H26ClN3O4S2/c1-15(20(25)22-10-9-16-3-5-17(28-2)6-4-16)23-11-13-24(14-12-23)30(26,27)19-8-7-18(21)29-19/h3-8,15H,9-14H2,1-2H3,(H,22,25)/t15-/m0/s1. The molecule has 7 nitrogen and oxygen atoms in total. The van der Waals surface area contributed by atoms with Gasteiger partial charge in [-0.3, -0.25) is 9.69 Å². The lowest BCUT2D eigenvalue weighted by molar-refractivity contribution is -0.126. The van der Waals surface area contributed by atoms with E-state index < -0.39 is 10.0 Å². The number of nitrogens with zero attached hydrogens (tertiary/aromatic N) is 2. The Morgan fingerprint density at radius 1 is 1.17 bits per heavy atom. The third-order valence-electron chi connectivity index (χ3n) is 5.22. The van der Waals surface area contributed by atoms with Crippen LogP contribution in [0.25, 0.3) is 0 Å². The molecule has 1 atom stereocenters. The number of halogens is 1. The first-order valence-electron chi connectivity index (χ1n) is 9.71. The Morgan fingerprint density at radius 2 is 1.83 bits per heavy atom. The third-order valence-corrected chi connectivity index (χ3v) is 8.81. The van der Waals surface area contributed by atoms with Gasteiger partial charge in [0.05, 0.1) is 17.5 Å². The molecule has 1 amide bonds. The average Bonchev–Trinajstić information content (AvgIpc) is 3.21. The highest BCUT2D eigenvalue weighted by atomic mass is 35.5. The molecule has 164 valence electrons. The highest BCUT2D eigenvalue weighted by Gasteiger charge is 2.32. The second-order valence-corrected chi connectivity index (χ2v) is 10.9. The smallest absolute Gasteiger partial charge is 0.252 e. The van der Waals surface area contributed by atoms with Crippen LogP contribution in [0.4, 0.5) is 0 Å². The molecular weight excluding hydrogens is 446 g/mol. The van der Waals surface area contributed by atoms with E-state index >= 15 is 0 Å². The number of thiophene rings is 1. The molecule has 1 aliphatic heterocycles. The molecule has 10 heteroatoms. The maximum absolute atomic E-state index is 12.7. The number of amides is 1. The van der Waals surface area contributed by atoms with Crippen LogP contribution in [-0.4, -0.2) is 69.4 Å². The number of carbonyl (C=O) groups is 1. The summed E-state index contributed by atoms with van der Waals surface area (Å²) in [5.41, 5.74) is 1.12. The molecule has 1 fully saturated rings. The van der Waals surface area contributed by atoms with Crippen molar-refractivity contribution in [2.75, 3.05) is 39.8 Å². The van der Waals surface area contributed by atoms with Gasteiger partial charge in [-0.2, -0.15) is 4.31 Å². The summed E-state index contributed by atoms with van der Waals surface area (Å²) in [7, 11) is -1.90. The Hall–Kier alpha value is -1.65. The van der Waals surface area contributed by atoms with Crippen molar-refractivity contribution in [2.45, 2.75) is 23.6 Å². The number of benzene rings is 1. The minimum absolute atomic E-state index is 0.0511. The molecule has 3 rings (SSSR count). The molecule has 0 radical (unpaired) electrons. The molecule has 1 aromatic carbocycles. The van der Waals surface area contributed by atoms with Gasteiger partial charge in [-0.1, -0.05) is 23.7 Å². The lowest BCUT2D eigenvalue weighted by Gasteiger charge is -2.36. The molecule has 0 spiro atoms. The van der Waals surface area contributed by atoms with Crippen molar-refractivity contribution in [1.29, 1.82) is 0 Å². The van der Waals surface area contributed by atoms with Crippen LogP contribution in [-0.2, 0) is 21.2 Å². The zero-order chi connectivity index (χ0) is 21.7. The predicted octanol–water partition coefficient (Wildman–Crippen LogP) is 2.46. The first-order valence-corrected chi connectivity index (χ1v) is 12.3. The van der Waals surface area contributed by atoms with Crippen LogP contribution < -0.4 is 10.1 Å². The fraction of sp³-hybridized carbons (Fsp3) is 0.450. The van der Waals surface area contributed by atoms with Gasteiger partial charge in [0, 0.05) is 32.7 Å². The van der Waals surface area contributed by atoms with Crippen LogP contribution in [0.15, 0.2) is 40.6 Å². The Balaban J connectivity index is 1.46. The maximum Gasteiger partial charge on any atom is 0.252 e. The summed E-state index contributed by atoms with van der Waals surface area (Å²) in [5.74, 6) is 0.754. The van der Waals surface area contributed by atoms with E-state index in [2.05, 4.69) is 5.32 Å². The van der Waals surface area contributed by atoms with Gasteiger partial charge in [0.1, 0.15) is 9.96 Å². The van der Waals surface area contributed by atoms with E-state index in [9.17, 15) is 13.2 Å². The summed E-state index contributed by atoms with van der Waals surface area (Å²) >= 11 is 6.94. The second-order valence-electron chi connectivity index (χ2n) is 7.06. The molecule has 0 aliphatic carbocycles. The van der Waals surface area contributed by atoms with E-state index in [0.717, 1.165) is 29.1 Å². The summed E-state index contributed by atoms with van der Waals surface area (Å²) in [4.78, 5) is 14.5. The molecular formula is C20H26ClN3O4S2. The fourth-order valence-corrected chi connectivity index (χ4v) is 6.39. The van der Waals surface area contributed by atoms with Crippen LogP contribution in [0.2, 0.25) is 4.34 Å². The zero-order valence-corrected chi connectivity index (χ0v) is 19.4. The molecule has 1 aromatic heterocycles. The topological polar surface area (TPSA) is 79.0 Å². The Morgan fingerprint density at radius 3 is 2.40 bits per heavy atom. The summed E-state index contributed by atoms with van der Waals surface area (Å²) in [6.45, 7) is 4.11. The minimum Gasteiger partial charge on any atom is -0.497 e. The van der Waals surface area contributed by atoms with Crippen LogP contribution in [0.1, 0.15) is 12.5 Å². The molecule has 1 saturated heterocycles. The highest BCUT2D eigenvalue weighted by Crippen LogP contribution is 2.28. The Labute approximate surface area is 186 Å². The van der Waals surface area contributed by atoms with Gasteiger partial charge >= 0.3 is 0 Å². The van der Waals surface area contributed by atoms with Crippen molar-refractivity contribution < 1.29 is 17.9 Å². The number of carbonyl (C=O) groups excluding carboxylic acids is 1. The first-order chi connectivity index (χ1) is 14.3. The van der Waals surface area contributed by atoms with Crippen molar-refractivity contribution in [3.8, 4) is 5.75 Å². The Bertz CT molecular complexity index is 955. The van der Waals surface area contributed by atoms with Gasteiger partial charge in [-0.05, 0) is 43.2 Å². The number of methoxy groups -OCH3 is 1. The van der Waals surface area contributed by atoms with E-state index in [0.29, 0.717) is 37.1 Å². The molecule has 1 N–H and O–H groups in total. The van der Waals surface area contributed by atoms with E-state index in [1.807, 2.05) is 36.1 Å². The number of piperazine rings is 1. The minimum atomic E-state index is -3.53. The summed E-state index contributed by atoms with van der Waals surface area (Å²) in [6.07, 6.45) is 0.734. The first kappa shape index (κ1) is 23.0. The highest BCUT2D eigenvalue weighted by molar-refractivity contribution is 7.91. The number of hydrogen-bond donors (Lipinski definition) is 1. The average molecular weight is 472 g/mol. The van der Waals surface area contributed by atoms with Gasteiger partial charge < -0.3 is 10.1 Å². The van der Waals surface area contributed by atoms with Gasteiger partial charge in [0.15, 0.2) is 0 Å². The molecule has 2 aromatic rings. The van der Waals surface area contributed by atoms with Crippen molar-refractivity contribution in [1.82, 2.24) is 14.5 Å². The maximum atomic E-state index is 12.7. The number of ether oxygens (including phenoxy) is 1. The number of sulfonamides is 1. The Kier molecular flexibility index (Phi) is 7.75. The van der Waals surface area contributed by atoms with Crippen molar-refractivity contribution in [3.05, 3.63) is 46.3 Å². The van der Waals surface area contributed by atoms with Crippen LogP contribution in [0.5, 0.6) is 5.75 Å². The van der Waals surface area contributed by atoms with Crippen molar-refractivity contribution in [3.63, 3.8) is 0 Å². The fourth-order valence-electron chi connectivity index (χ4n) is 3.33. The third kappa shape index (κ3) is 5.53. The molecule has 30 heavy (non-hydrogen) atoms. The summed E-state index contributed by atoms with van der Waals surface area (Å²) < 4.78 is 32.7. The molecule has 0 bridgehead atoms. The van der Waals surface area contributed by atoms with Gasteiger partial charge in [0.2, 0.25) is 5.91 Å². The lowest BCUT2D eigenvalue weighted by Crippen LogP contribution is -2.54. The van der Waals surface area contributed by atoms with Crippen LogP contribution in [0, 0.1) is 0 Å². The van der Waals surface area contributed by atoms with Crippen molar-refractivity contribution in [2.24, 2.45) is 0 Å². The number of nitrogens with one attached hydrogen (secondary N) is 1. The lowest BCUT2D eigenvalue weighted by atomic mass is 10.1. The normalized spacial score (nSPS) is 16.9. The number of hydrogen-bond acceptors (Lipinski definition) is 6. The number of rotatable bonds is 8. The predicted molar refractivity (Wildman–Crippen MR) is 119 cm³/mol. The quantitative estimate of drug-likeness (QED) is 0.639. The van der Waals surface area contributed by atoms with E-state index in [1.165, 1.54) is 10.4 Å². The van der Waals surface area contributed by atoms with Crippen LogP contribution >= 0.6 is 22.9 Å². The molecule has 0 saturated carbocycles. The van der Waals surface area contributed by atoms with Gasteiger partial charge in [-0.15, -0.1) is 11.3 Å². The van der Waals surface area contributed by atoms with E-state index in [1.54, 1.807) is 13.2 Å². The zero-order valence-electron chi connectivity index (χ0n) is 17.0. The molecule has 2 heterocycles. The van der Waals surface area contributed by atoms with Crippen LogP contribution in [0.3, 0.4) is 0 Å².